The third-order valence-electron chi connectivity index (χ3n) is 1.64. The van der Waals surface area contributed by atoms with Crippen LogP contribution in [0, 0.1) is 0 Å². The van der Waals surface area contributed by atoms with E-state index in [2.05, 4.69) is 4.74 Å². The molecule has 2 nitrogen and oxygen atoms in total. The van der Waals surface area contributed by atoms with Crippen molar-refractivity contribution in [2.45, 2.75) is 31.8 Å². The van der Waals surface area contributed by atoms with Crippen molar-refractivity contribution in [3.63, 3.8) is 0 Å². The lowest BCUT2D eigenvalue weighted by molar-refractivity contribution is 0.109. The Bertz CT molecular complexity index is 58.3. The summed E-state index contributed by atoms with van der Waals surface area (Å²) in [5, 5.41) is 0. The molecule has 0 aromatic heterocycles. The first-order chi connectivity index (χ1) is 4.85. The summed E-state index contributed by atoms with van der Waals surface area (Å²) in [6, 6.07) is 0. The van der Waals surface area contributed by atoms with Gasteiger partial charge in [-0.25, -0.2) is 0 Å². The fraction of sp³-hybridized carbons (Fsp3) is 1.00. The second kappa shape index (κ2) is 7.03. The molecule has 1 rings (SSSR count). The van der Waals surface area contributed by atoms with Crippen LogP contribution in [0.3, 0.4) is 0 Å². The molecule has 62 valence electrons. The maximum absolute atomic E-state index is 5.11. The van der Waals surface area contributed by atoms with Gasteiger partial charge in [0.2, 0.25) is 0 Å². The van der Waals surface area contributed by atoms with Crippen molar-refractivity contribution in [1.29, 1.82) is 0 Å². The molecule has 0 unspecified atom stereocenters. The number of ether oxygens (including phenoxy) is 2. The molecule has 0 atom stereocenters. The highest BCUT2D eigenvalue weighted by atomic mass is 16.5. The second-order valence-electron chi connectivity index (χ2n) is 2.55. The van der Waals surface area contributed by atoms with Gasteiger partial charge in [-0.3, -0.25) is 0 Å². The zero-order valence-electron chi connectivity index (χ0n) is 7.22. The summed E-state index contributed by atoms with van der Waals surface area (Å²) in [6.07, 6.45) is 5.92. The van der Waals surface area contributed by atoms with E-state index >= 15 is 0 Å². The Hall–Kier alpha value is -0.0800. The summed E-state index contributed by atoms with van der Waals surface area (Å²) >= 11 is 0. The molecule has 10 heavy (non-hydrogen) atoms. The van der Waals surface area contributed by atoms with Crippen LogP contribution in [0.5, 0.6) is 0 Å². The van der Waals surface area contributed by atoms with Gasteiger partial charge in [0.05, 0.1) is 6.10 Å². The second-order valence-corrected chi connectivity index (χ2v) is 2.55. The average molecular weight is 146 g/mol. The molecule has 2 heteroatoms. The summed E-state index contributed by atoms with van der Waals surface area (Å²) in [4.78, 5) is 0. The minimum Gasteiger partial charge on any atom is -0.388 e. The van der Waals surface area contributed by atoms with Gasteiger partial charge in [0, 0.05) is 21.3 Å². The topological polar surface area (TPSA) is 18.5 Å². The minimum absolute atomic E-state index is 0.597. The first kappa shape index (κ1) is 9.92. The lowest BCUT2D eigenvalue weighted by Gasteiger charge is -2.02. The Morgan fingerprint density at radius 2 is 1.40 bits per heavy atom. The molecule has 0 amide bonds. The monoisotopic (exact) mass is 146 g/mol. The third kappa shape index (κ3) is 4.77. The van der Waals surface area contributed by atoms with E-state index in [0.29, 0.717) is 6.10 Å². The van der Waals surface area contributed by atoms with Crippen LogP contribution in [-0.2, 0) is 9.47 Å². The minimum atomic E-state index is 0.597. The maximum atomic E-state index is 5.11. The van der Waals surface area contributed by atoms with Gasteiger partial charge in [0.15, 0.2) is 0 Å². The number of hydrogen-bond donors (Lipinski definition) is 0. The molecule has 0 spiro atoms. The van der Waals surface area contributed by atoms with Crippen LogP contribution in [0.1, 0.15) is 25.7 Å². The van der Waals surface area contributed by atoms with Gasteiger partial charge in [-0.2, -0.15) is 0 Å². The van der Waals surface area contributed by atoms with Gasteiger partial charge in [0.1, 0.15) is 0 Å². The smallest absolute Gasteiger partial charge is 0.0571 e. The van der Waals surface area contributed by atoms with Crippen molar-refractivity contribution < 1.29 is 9.47 Å². The van der Waals surface area contributed by atoms with E-state index in [1.54, 1.807) is 21.3 Å². The van der Waals surface area contributed by atoms with Crippen molar-refractivity contribution >= 4 is 0 Å². The molecule has 0 saturated heterocycles. The SMILES string of the molecule is COC.COC1CCCC1. The van der Waals surface area contributed by atoms with Crippen LogP contribution in [0.25, 0.3) is 0 Å². The van der Waals surface area contributed by atoms with Gasteiger partial charge in [-0.15, -0.1) is 0 Å². The average Bonchev–Trinajstić information content (AvgIpc) is 2.39. The Labute approximate surface area is 63.5 Å². The van der Waals surface area contributed by atoms with Crippen LogP contribution in [0.15, 0.2) is 0 Å². The molecule has 0 aromatic carbocycles. The van der Waals surface area contributed by atoms with Gasteiger partial charge in [-0.05, 0) is 12.8 Å². The maximum Gasteiger partial charge on any atom is 0.0571 e. The van der Waals surface area contributed by atoms with Crippen molar-refractivity contribution in [3.8, 4) is 0 Å². The van der Waals surface area contributed by atoms with Crippen LogP contribution < -0.4 is 0 Å². The molecule has 1 aliphatic rings. The summed E-state index contributed by atoms with van der Waals surface area (Å²) in [6.45, 7) is 0. The molecule has 1 aliphatic carbocycles. The van der Waals surface area contributed by atoms with E-state index in [4.69, 9.17) is 4.74 Å². The van der Waals surface area contributed by atoms with Crippen molar-refractivity contribution in [2.24, 2.45) is 0 Å². The van der Waals surface area contributed by atoms with Crippen LogP contribution in [-0.4, -0.2) is 27.4 Å². The van der Waals surface area contributed by atoms with E-state index in [0.717, 1.165) is 0 Å². The van der Waals surface area contributed by atoms with Gasteiger partial charge in [0.25, 0.3) is 0 Å². The van der Waals surface area contributed by atoms with Crippen molar-refractivity contribution in [3.05, 3.63) is 0 Å². The van der Waals surface area contributed by atoms with Crippen LogP contribution >= 0.6 is 0 Å². The Balaban J connectivity index is 0.000000236. The zero-order chi connectivity index (χ0) is 7.82. The summed E-state index contributed by atoms with van der Waals surface area (Å²) in [5.41, 5.74) is 0. The van der Waals surface area contributed by atoms with Gasteiger partial charge in [-0.1, -0.05) is 12.8 Å². The van der Waals surface area contributed by atoms with Crippen LogP contribution in [0.2, 0.25) is 0 Å². The molecule has 0 radical (unpaired) electrons. The molecular weight excluding hydrogens is 128 g/mol. The van der Waals surface area contributed by atoms with Gasteiger partial charge < -0.3 is 9.47 Å². The molecule has 0 N–H and O–H groups in total. The molecule has 0 aromatic rings. The molecule has 0 heterocycles. The zero-order valence-corrected chi connectivity index (χ0v) is 7.22. The summed E-state index contributed by atoms with van der Waals surface area (Å²) in [5.74, 6) is 0. The number of hydrogen-bond acceptors (Lipinski definition) is 2. The number of methoxy groups -OCH3 is 2. The van der Waals surface area contributed by atoms with E-state index in [1.807, 2.05) is 0 Å². The fourth-order valence-electron chi connectivity index (χ4n) is 1.12. The van der Waals surface area contributed by atoms with Crippen molar-refractivity contribution in [2.75, 3.05) is 21.3 Å². The van der Waals surface area contributed by atoms with E-state index in [1.165, 1.54) is 25.7 Å². The molecule has 1 fully saturated rings. The molecule has 0 aliphatic heterocycles. The van der Waals surface area contributed by atoms with Crippen molar-refractivity contribution in [1.82, 2.24) is 0 Å². The lowest BCUT2D eigenvalue weighted by atomic mass is 10.3. The van der Waals surface area contributed by atoms with E-state index < -0.39 is 0 Å². The third-order valence-corrected chi connectivity index (χ3v) is 1.64. The first-order valence-corrected chi connectivity index (χ1v) is 3.78. The highest BCUT2D eigenvalue weighted by Gasteiger charge is 2.12. The predicted octanol–water partition coefficient (Wildman–Crippen LogP) is 1.84. The van der Waals surface area contributed by atoms with E-state index in [-0.39, 0.29) is 0 Å². The summed E-state index contributed by atoms with van der Waals surface area (Å²) < 4.78 is 9.36. The quantitative estimate of drug-likeness (QED) is 0.562. The molecule has 1 saturated carbocycles. The largest absolute Gasteiger partial charge is 0.388 e. The lowest BCUT2D eigenvalue weighted by Crippen LogP contribution is -2.01. The van der Waals surface area contributed by atoms with E-state index in [9.17, 15) is 0 Å². The highest BCUT2D eigenvalue weighted by Crippen LogP contribution is 2.19. The standard InChI is InChI=1S/C6H12O.C2H6O/c1-7-6-4-2-3-5-6;1-3-2/h6H,2-5H2,1H3;1-2H3. The summed E-state index contributed by atoms with van der Waals surface area (Å²) in [7, 11) is 5.05. The molecular formula is C8H18O2. The van der Waals surface area contributed by atoms with Crippen LogP contribution in [0.4, 0.5) is 0 Å². The highest BCUT2D eigenvalue weighted by molar-refractivity contribution is 4.65. The Morgan fingerprint density at radius 3 is 1.60 bits per heavy atom. The first-order valence-electron chi connectivity index (χ1n) is 3.78. The molecule has 0 bridgehead atoms. The normalized spacial score (nSPS) is 18.3. The number of rotatable bonds is 1. The Morgan fingerprint density at radius 1 is 1.00 bits per heavy atom. The van der Waals surface area contributed by atoms with Gasteiger partial charge >= 0.3 is 0 Å². The Kier molecular flexibility index (Phi) is 6.98. The fourth-order valence-corrected chi connectivity index (χ4v) is 1.12. The predicted molar refractivity (Wildman–Crippen MR) is 42.2 cm³/mol.